The van der Waals surface area contributed by atoms with Crippen LogP contribution in [0.5, 0.6) is 0 Å². The lowest BCUT2D eigenvalue weighted by atomic mass is 10.1. The summed E-state index contributed by atoms with van der Waals surface area (Å²) in [6.45, 7) is 12.2. The molecule has 2 aliphatic heterocycles. The fraction of sp³-hybridized carbons (Fsp3) is 0.667. The molecule has 0 unspecified atom stereocenters. The summed E-state index contributed by atoms with van der Waals surface area (Å²) in [5.74, 6) is 0. The Balaban J connectivity index is 1.60. The Bertz CT molecular complexity index is 645. The van der Waals surface area contributed by atoms with Crippen LogP contribution in [-0.2, 0) is 11.3 Å². The van der Waals surface area contributed by atoms with Crippen LogP contribution in [0.2, 0.25) is 0 Å². The third-order valence-electron chi connectivity index (χ3n) is 5.16. The molecule has 2 saturated heterocycles. The number of benzene rings is 1. The molecule has 0 aliphatic carbocycles. The maximum atomic E-state index is 12.3. The summed E-state index contributed by atoms with van der Waals surface area (Å²) in [4.78, 5) is 19.0. The minimum absolute atomic E-state index is 0.195. The zero-order valence-electron chi connectivity index (χ0n) is 16.8. The van der Waals surface area contributed by atoms with Gasteiger partial charge in [-0.25, -0.2) is 4.79 Å². The maximum Gasteiger partial charge on any atom is 0.410 e. The topological polar surface area (TPSA) is 36.0 Å². The molecule has 5 nitrogen and oxygen atoms in total. The number of nitrogens with zero attached hydrogens (tertiary/aromatic N) is 3. The number of rotatable bonds is 3. The van der Waals surface area contributed by atoms with Gasteiger partial charge in [0.15, 0.2) is 0 Å². The molecule has 2 heterocycles. The largest absolute Gasteiger partial charge is 0.444 e. The minimum atomic E-state index is -0.436. The van der Waals surface area contributed by atoms with Crippen molar-refractivity contribution in [3.8, 4) is 0 Å². The van der Waals surface area contributed by atoms with Crippen LogP contribution in [0.3, 0.4) is 0 Å². The summed E-state index contributed by atoms with van der Waals surface area (Å²) < 4.78 is 6.64. The highest BCUT2D eigenvalue weighted by molar-refractivity contribution is 9.10. The van der Waals surface area contributed by atoms with Crippen molar-refractivity contribution in [3.05, 3.63) is 28.2 Å². The zero-order valence-corrected chi connectivity index (χ0v) is 18.4. The van der Waals surface area contributed by atoms with Gasteiger partial charge >= 0.3 is 6.09 Å². The Hall–Kier alpha value is -1.27. The van der Waals surface area contributed by atoms with E-state index in [-0.39, 0.29) is 6.09 Å². The monoisotopic (exact) mass is 437 g/mol. The molecule has 1 amide bonds. The molecule has 0 radical (unpaired) electrons. The number of amides is 1. The molecule has 0 N–H and O–H groups in total. The molecule has 6 heteroatoms. The van der Waals surface area contributed by atoms with Gasteiger partial charge in [-0.3, -0.25) is 4.90 Å². The molecular weight excluding hydrogens is 406 g/mol. The Labute approximate surface area is 171 Å². The Morgan fingerprint density at radius 2 is 1.70 bits per heavy atom. The maximum absolute atomic E-state index is 12.3. The van der Waals surface area contributed by atoms with Gasteiger partial charge in [-0.1, -0.05) is 22.0 Å². The van der Waals surface area contributed by atoms with E-state index in [1.807, 2.05) is 25.7 Å². The number of piperidine rings is 1. The number of hydrogen-bond acceptors (Lipinski definition) is 4. The highest BCUT2D eigenvalue weighted by Gasteiger charge is 2.26. The van der Waals surface area contributed by atoms with Gasteiger partial charge in [0.2, 0.25) is 0 Å². The van der Waals surface area contributed by atoms with E-state index in [0.717, 1.165) is 50.3 Å². The van der Waals surface area contributed by atoms with E-state index in [1.54, 1.807) is 0 Å². The fourth-order valence-electron chi connectivity index (χ4n) is 3.76. The fourth-order valence-corrected chi connectivity index (χ4v) is 4.10. The first-order valence-electron chi connectivity index (χ1n) is 10.1. The third-order valence-corrected chi connectivity index (χ3v) is 5.66. The highest BCUT2D eigenvalue weighted by atomic mass is 79.9. The number of carbonyl (C=O) groups is 1. The summed E-state index contributed by atoms with van der Waals surface area (Å²) in [7, 11) is 0. The third kappa shape index (κ3) is 5.85. The second-order valence-corrected chi connectivity index (χ2v) is 9.48. The van der Waals surface area contributed by atoms with Crippen LogP contribution >= 0.6 is 15.9 Å². The van der Waals surface area contributed by atoms with Gasteiger partial charge in [0.1, 0.15) is 5.60 Å². The summed E-state index contributed by atoms with van der Waals surface area (Å²) in [5.41, 5.74) is 2.30. The van der Waals surface area contributed by atoms with Crippen molar-refractivity contribution in [3.63, 3.8) is 0 Å². The smallest absolute Gasteiger partial charge is 0.410 e. The van der Waals surface area contributed by atoms with E-state index >= 15 is 0 Å². The zero-order chi connectivity index (χ0) is 19.4. The molecular formula is C21H32BrN3O2. The lowest BCUT2D eigenvalue weighted by molar-refractivity contribution is 0.0139. The van der Waals surface area contributed by atoms with Crippen LogP contribution < -0.4 is 4.90 Å². The molecule has 0 spiro atoms. The van der Waals surface area contributed by atoms with E-state index in [1.165, 1.54) is 30.5 Å². The van der Waals surface area contributed by atoms with Gasteiger partial charge in [-0.05, 0) is 57.7 Å². The summed E-state index contributed by atoms with van der Waals surface area (Å²) >= 11 is 3.64. The second kappa shape index (κ2) is 8.82. The van der Waals surface area contributed by atoms with E-state index in [9.17, 15) is 4.79 Å². The highest BCUT2D eigenvalue weighted by Crippen LogP contribution is 2.29. The van der Waals surface area contributed by atoms with Gasteiger partial charge in [-0.2, -0.15) is 0 Å². The van der Waals surface area contributed by atoms with Crippen LogP contribution in [0.25, 0.3) is 0 Å². The minimum Gasteiger partial charge on any atom is -0.444 e. The number of ether oxygens (including phenoxy) is 1. The van der Waals surface area contributed by atoms with Crippen LogP contribution in [0, 0.1) is 0 Å². The van der Waals surface area contributed by atoms with Crippen LogP contribution in [0.1, 0.15) is 45.6 Å². The molecule has 2 fully saturated rings. The first kappa shape index (κ1) is 20.5. The second-order valence-electron chi connectivity index (χ2n) is 8.56. The quantitative estimate of drug-likeness (QED) is 0.697. The molecule has 150 valence electrons. The van der Waals surface area contributed by atoms with Gasteiger partial charge < -0.3 is 14.5 Å². The van der Waals surface area contributed by atoms with E-state index in [4.69, 9.17) is 4.74 Å². The number of anilines is 1. The summed E-state index contributed by atoms with van der Waals surface area (Å²) in [6.07, 6.45) is 3.70. The number of halogens is 1. The van der Waals surface area contributed by atoms with Crippen LogP contribution in [0.4, 0.5) is 10.5 Å². The van der Waals surface area contributed by atoms with Gasteiger partial charge in [-0.15, -0.1) is 0 Å². The van der Waals surface area contributed by atoms with Crippen LogP contribution in [-0.4, -0.2) is 60.8 Å². The standard InChI is InChI=1S/C21H32BrN3O2/c1-21(2,3)27-20(26)25-13-11-23(12-14-25)16-17-7-8-18(22)15-19(17)24-9-5-4-6-10-24/h7-8,15H,4-6,9-14,16H2,1-3H3. The molecule has 3 rings (SSSR count). The van der Waals surface area contributed by atoms with Gasteiger partial charge in [0.05, 0.1) is 0 Å². The molecule has 27 heavy (non-hydrogen) atoms. The number of piperazine rings is 1. The van der Waals surface area contributed by atoms with Crippen molar-refractivity contribution in [1.82, 2.24) is 9.80 Å². The predicted octanol–water partition coefficient (Wildman–Crippen LogP) is 4.49. The van der Waals surface area contributed by atoms with Crippen molar-refractivity contribution < 1.29 is 9.53 Å². The van der Waals surface area contributed by atoms with Crippen molar-refractivity contribution in [2.24, 2.45) is 0 Å². The normalized spacial score (nSPS) is 19.3. The van der Waals surface area contributed by atoms with Gasteiger partial charge in [0, 0.05) is 56.0 Å². The predicted molar refractivity (Wildman–Crippen MR) is 113 cm³/mol. The summed E-state index contributed by atoms with van der Waals surface area (Å²) in [5, 5.41) is 0. The number of hydrogen-bond donors (Lipinski definition) is 0. The SMILES string of the molecule is CC(C)(C)OC(=O)N1CCN(Cc2ccc(Br)cc2N2CCCCC2)CC1. The molecule has 1 aromatic rings. The molecule has 0 atom stereocenters. The first-order chi connectivity index (χ1) is 12.8. The van der Waals surface area contributed by atoms with Crippen molar-refractivity contribution >= 4 is 27.7 Å². The van der Waals surface area contributed by atoms with Crippen molar-refractivity contribution in [2.75, 3.05) is 44.2 Å². The molecule has 0 saturated carbocycles. The van der Waals surface area contributed by atoms with Gasteiger partial charge in [0.25, 0.3) is 0 Å². The lowest BCUT2D eigenvalue weighted by Gasteiger charge is -2.37. The Morgan fingerprint density at radius 3 is 2.33 bits per heavy atom. The van der Waals surface area contributed by atoms with Crippen LogP contribution in [0.15, 0.2) is 22.7 Å². The van der Waals surface area contributed by atoms with E-state index < -0.39 is 5.60 Å². The van der Waals surface area contributed by atoms with Crippen molar-refractivity contribution in [2.45, 2.75) is 52.2 Å². The lowest BCUT2D eigenvalue weighted by Crippen LogP contribution is -2.49. The molecule has 0 bridgehead atoms. The average Bonchev–Trinajstić information content (AvgIpc) is 2.63. The van der Waals surface area contributed by atoms with Crippen molar-refractivity contribution in [1.29, 1.82) is 0 Å². The summed E-state index contributed by atoms with van der Waals surface area (Å²) in [6, 6.07) is 6.64. The first-order valence-corrected chi connectivity index (χ1v) is 10.8. The average molecular weight is 438 g/mol. The molecule has 1 aromatic carbocycles. The molecule has 2 aliphatic rings. The Kier molecular flexibility index (Phi) is 6.69. The Morgan fingerprint density at radius 1 is 1.04 bits per heavy atom. The number of carbonyl (C=O) groups excluding carboxylic acids is 1. The molecule has 0 aromatic heterocycles. The van der Waals surface area contributed by atoms with E-state index in [0.29, 0.717) is 0 Å². The van der Waals surface area contributed by atoms with E-state index in [2.05, 4.69) is 43.9 Å².